The predicted octanol–water partition coefficient (Wildman–Crippen LogP) is 3.27. The van der Waals surface area contributed by atoms with Gasteiger partial charge in [-0.25, -0.2) is 0 Å². The Morgan fingerprint density at radius 3 is 2.44 bits per heavy atom. The smallest absolute Gasteiger partial charge is 0.0644 e. The Labute approximate surface area is 111 Å². The lowest BCUT2D eigenvalue weighted by Gasteiger charge is -2.26. The molecule has 1 aromatic heterocycles. The van der Waals surface area contributed by atoms with Crippen LogP contribution in [0, 0.1) is 19.3 Å². The Morgan fingerprint density at radius 1 is 1.33 bits per heavy atom. The summed E-state index contributed by atoms with van der Waals surface area (Å²) in [5.41, 5.74) is 4.33. The van der Waals surface area contributed by atoms with Crippen LogP contribution in [-0.4, -0.2) is 16.3 Å². The van der Waals surface area contributed by atoms with E-state index in [4.69, 9.17) is 0 Å². The van der Waals surface area contributed by atoms with Crippen LogP contribution in [0.15, 0.2) is 0 Å². The van der Waals surface area contributed by atoms with Crippen molar-refractivity contribution in [2.75, 3.05) is 6.54 Å². The molecule has 3 heteroatoms. The van der Waals surface area contributed by atoms with Crippen LogP contribution in [0.3, 0.4) is 0 Å². The third-order valence-electron chi connectivity index (χ3n) is 4.64. The highest BCUT2D eigenvalue weighted by Crippen LogP contribution is 2.37. The minimum absolute atomic E-state index is 0.399. The van der Waals surface area contributed by atoms with Gasteiger partial charge in [-0.15, -0.1) is 0 Å². The summed E-state index contributed by atoms with van der Waals surface area (Å²) in [7, 11) is 2.02. The minimum Gasteiger partial charge on any atom is -0.310 e. The molecular weight excluding hydrogens is 222 g/mol. The molecule has 1 N–H and O–H groups in total. The van der Waals surface area contributed by atoms with Crippen molar-refractivity contribution in [2.24, 2.45) is 12.5 Å². The number of hydrogen-bond acceptors (Lipinski definition) is 2. The summed E-state index contributed by atoms with van der Waals surface area (Å²) in [5, 5.41) is 8.23. The van der Waals surface area contributed by atoms with E-state index in [1.807, 2.05) is 11.7 Å². The van der Waals surface area contributed by atoms with E-state index in [0.717, 1.165) is 12.2 Å². The first-order chi connectivity index (χ1) is 8.43. The van der Waals surface area contributed by atoms with E-state index in [2.05, 4.69) is 38.1 Å². The van der Waals surface area contributed by atoms with Crippen molar-refractivity contribution in [2.45, 2.75) is 59.4 Å². The highest BCUT2D eigenvalue weighted by atomic mass is 15.3. The van der Waals surface area contributed by atoms with E-state index >= 15 is 0 Å². The van der Waals surface area contributed by atoms with Gasteiger partial charge in [0.1, 0.15) is 0 Å². The fraction of sp³-hybridized carbons (Fsp3) is 0.800. The van der Waals surface area contributed by atoms with Gasteiger partial charge in [-0.3, -0.25) is 4.68 Å². The summed E-state index contributed by atoms with van der Waals surface area (Å²) in [4.78, 5) is 0. The highest BCUT2D eigenvalue weighted by Gasteiger charge is 2.29. The van der Waals surface area contributed by atoms with Crippen LogP contribution in [0.5, 0.6) is 0 Å². The normalized spacial score (nSPS) is 20.3. The maximum absolute atomic E-state index is 4.51. The quantitative estimate of drug-likeness (QED) is 0.887. The van der Waals surface area contributed by atoms with E-state index in [9.17, 15) is 0 Å². The van der Waals surface area contributed by atoms with Crippen LogP contribution < -0.4 is 5.32 Å². The third-order valence-corrected chi connectivity index (χ3v) is 4.64. The number of aryl methyl sites for hydroxylation is 2. The van der Waals surface area contributed by atoms with Gasteiger partial charge in [0.05, 0.1) is 5.69 Å². The SMILES string of the molecule is Cc1nn(C)c(C)c1C(C)NCC1(C)CCCC1. The van der Waals surface area contributed by atoms with Crippen LogP contribution in [0.2, 0.25) is 0 Å². The standard InChI is InChI=1S/C15H27N3/c1-11(14-12(2)17-18(5)13(14)3)16-10-15(4)8-6-7-9-15/h11,16H,6-10H2,1-5H3. The van der Waals surface area contributed by atoms with Crippen LogP contribution in [0.1, 0.15) is 62.5 Å². The lowest BCUT2D eigenvalue weighted by atomic mass is 9.88. The molecule has 3 nitrogen and oxygen atoms in total. The van der Waals surface area contributed by atoms with Crippen molar-refractivity contribution in [1.82, 2.24) is 15.1 Å². The molecule has 1 saturated carbocycles. The van der Waals surface area contributed by atoms with Crippen molar-refractivity contribution >= 4 is 0 Å². The predicted molar refractivity (Wildman–Crippen MR) is 75.7 cm³/mol. The molecule has 18 heavy (non-hydrogen) atoms. The van der Waals surface area contributed by atoms with Crippen molar-refractivity contribution < 1.29 is 0 Å². The number of rotatable bonds is 4. The zero-order chi connectivity index (χ0) is 13.3. The van der Waals surface area contributed by atoms with E-state index in [0.29, 0.717) is 11.5 Å². The fourth-order valence-electron chi connectivity index (χ4n) is 3.32. The second-order valence-electron chi connectivity index (χ2n) is 6.33. The minimum atomic E-state index is 0.399. The second-order valence-corrected chi connectivity index (χ2v) is 6.33. The maximum Gasteiger partial charge on any atom is 0.0644 e. The molecule has 1 heterocycles. The van der Waals surface area contributed by atoms with Gasteiger partial charge >= 0.3 is 0 Å². The van der Waals surface area contributed by atoms with E-state index in [1.165, 1.54) is 36.9 Å². The molecule has 102 valence electrons. The molecule has 0 radical (unpaired) electrons. The van der Waals surface area contributed by atoms with Gasteiger partial charge in [0.25, 0.3) is 0 Å². The fourth-order valence-corrected chi connectivity index (χ4v) is 3.32. The van der Waals surface area contributed by atoms with Gasteiger partial charge in [-0.05, 0) is 39.0 Å². The Kier molecular flexibility index (Phi) is 3.81. The Morgan fingerprint density at radius 2 is 1.94 bits per heavy atom. The summed E-state index contributed by atoms with van der Waals surface area (Å²) >= 11 is 0. The molecule has 1 atom stereocenters. The molecule has 2 rings (SSSR count). The lowest BCUT2D eigenvalue weighted by molar-refractivity contribution is 0.301. The Hall–Kier alpha value is -0.830. The number of aromatic nitrogens is 2. The van der Waals surface area contributed by atoms with E-state index < -0.39 is 0 Å². The summed E-state index contributed by atoms with van der Waals surface area (Å²) in [6.45, 7) is 10.1. The third kappa shape index (κ3) is 2.61. The average Bonchev–Trinajstić information content (AvgIpc) is 2.83. The van der Waals surface area contributed by atoms with Crippen LogP contribution in [-0.2, 0) is 7.05 Å². The van der Waals surface area contributed by atoms with Gasteiger partial charge in [0, 0.05) is 30.9 Å². The molecule has 1 aromatic rings. The van der Waals surface area contributed by atoms with Gasteiger partial charge in [-0.1, -0.05) is 19.8 Å². The Bertz CT molecular complexity index is 414. The molecule has 1 aliphatic carbocycles. The number of nitrogens with zero attached hydrogens (tertiary/aromatic N) is 2. The van der Waals surface area contributed by atoms with Gasteiger partial charge < -0.3 is 5.32 Å². The van der Waals surface area contributed by atoms with Crippen LogP contribution in [0.25, 0.3) is 0 Å². The van der Waals surface area contributed by atoms with Gasteiger partial charge in [0.2, 0.25) is 0 Å². The first-order valence-corrected chi connectivity index (χ1v) is 7.16. The van der Waals surface area contributed by atoms with E-state index in [1.54, 1.807) is 0 Å². The topological polar surface area (TPSA) is 29.9 Å². The van der Waals surface area contributed by atoms with E-state index in [-0.39, 0.29) is 0 Å². The molecule has 0 amide bonds. The molecule has 1 aliphatic rings. The zero-order valence-electron chi connectivity index (χ0n) is 12.5. The van der Waals surface area contributed by atoms with Crippen molar-refractivity contribution in [3.8, 4) is 0 Å². The summed E-state index contributed by atoms with van der Waals surface area (Å²) < 4.78 is 1.99. The molecule has 0 aromatic carbocycles. The molecule has 0 saturated heterocycles. The summed E-state index contributed by atoms with van der Waals surface area (Å²) in [6.07, 6.45) is 5.55. The van der Waals surface area contributed by atoms with Gasteiger partial charge in [-0.2, -0.15) is 5.10 Å². The summed E-state index contributed by atoms with van der Waals surface area (Å²) in [6, 6.07) is 0.399. The molecule has 0 spiro atoms. The second kappa shape index (κ2) is 5.04. The monoisotopic (exact) mass is 249 g/mol. The van der Waals surface area contributed by atoms with Gasteiger partial charge in [0.15, 0.2) is 0 Å². The maximum atomic E-state index is 4.51. The van der Waals surface area contributed by atoms with Crippen molar-refractivity contribution in [1.29, 1.82) is 0 Å². The molecule has 0 aliphatic heterocycles. The Balaban J connectivity index is 2.01. The van der Waals surface area contributed by atoms with Crippen LogP contribution in [0.4, 0.5) is 0 Å². The first kappa shape index (κ1) is 13.6. The molecular formula is C15H27N3. The first-order valence-electron chi connectivity index (χ1n) is 7.16. The average molecular weight is 249 g/mol. The largest absolute Gasteiger partial charge is 0.310 e. The molecule has 1 fully saturated rings. The summed E-state index contributed by atoms with van der Waals surface area (Å²) in [5.74, 6) is 0. The molecule has 0 bridgehead atoms. The lowest BCUT2D eigenvalue weighted by Crippen LogP contribution is -2.31. The van der Waals surface area contributed by atoms with Crippen LogP contribution >= 0.6 is 0 Å². The zero-order valence-corrected chi connectivity index (χ0v) is 12.5. The highest BCUT2D eigenvalue weighted by molar-refractivity contribution is 5.27. The molecule has 1 unspecified atom stereocenters. The van der Waals surface area contributed by atoms with Crippen molar-refractivity contribution in [3.63, 3.8) is 0 Å². The number of nitrogens with one attached hydrogen (secondary N) is 1. The number of hydrogen-bond donors (Lipinski definition) is 1. The van der Waals surface area contributed by atoms with Crippen molar-refractivity contribution in [3.05, 3.63) is 17.0 Å².